The van der Waals surface area contributed by atoms with Crippen LogP contribution in [0.15, 0.2) is 20.1 Å². The van der Waals surface area contributed by atoms with Crippen LogP contribution in [0.3, 0.4) is 0 Å². The molecule has 0 aromatic heterocycles. The molecule has 6 bridgehead atoms. The quantitative estimate of drug-likeness (QED) is 0.184. The van der Waals surface area contributed by atoms with E-state index in [0.717, 1.165) is 0 Å². The molecule has 12 heteroatoms. The lowest BCUT2D eigenvalue weighted by molar-refractivity contribution is 0.0959. The lowest BCUT2D eigenvalue weighted by Gasteiger charge is -2.49. The normalized spacial score (nSPS) is 62.5. The SMILES string of the molecule is ClC1=C(Cl)[C@@]2(Cl)[C@H]3C4CC([C@H]3[C@@]1(Cl)C2(Cl)Cl)[C@@H]1[C@@H]4[C@@]2(Cl)C(Cl)=C(Cl)[C@@]1(Cl)C2(Cl)Cl. The summed E-state index contributed by atoms with van der Waals surface area (Å²) in [7, 11) is 0. The highest BCUT2D eigenvalue weighted by molar-refractivity contribution is 6.67. The smallest absolute Gasteiger partial charge is 0.109 e. The van der Waals surface area contributed by atoms with E-state index in [9.17, 15) is 0 Å². The van der Waals surface area contributed by atoms with Gasteiger partial charge in [0.1, 0.15) is 19.5 Å². The van der Waals surface area contributed by atoms with Crippen molar-refractivity contribution in [2.75, 3.05) is 0 Å². The minimum atomic E-state index is -1.62. The molecular weight excluding hydrogens is 630 g/mol. The monoisotopic (exact) mass is 632 g/mol. The lowest BCUT2D eigenvalue weighted by atomic mass is 9.61. The first-order chi connectivity index (χ1) is 13.1. The van der Waals surface area contributed by atoms with Crippen molar-refractivity contribution >= 4 is 139 Å². The largest absolute Gasteiger partial charge is 0.166 e. The standard InChI is InChI=1S/C17H8Cl12/c18-8-10(20)14(24)6-3-1-2(4(6)12(8,22)16(14,26)27)5-7(3)15(25)11(21)9(19)13(5,23)17(15,28)29/h2-7H,1H2/t2?,3?,4-,5-,6-,7+,12-,13+,14-,15+/m1/s1. The van der Waals surface area contributed by atoms with Crippen LogP contribution in [-0.2, 0) is 0 Å². The summed E-state index contributed by atoms with van der Waals surface area (Å²) < 4.78 is -3.25. The molecule has 0 heterocycles. The Labute approximate surface area is 227 Å². The zero-order chi connectivity index (χ0) is 21.5. The predicted molar refractivity (Wildman–Crippen MR) is 126 cm³/mol. The highest BCUT2D eigenvalue weighted by atomic mass is 35.5. The molecule has 29 heavy (non-hydrogen) atoms. The molecule has 0 aromatic rings. The summed E-state index contributed by atoms with van der Waals surface area (Å²) in [6, 6.07) is 0. The van der Waals surface area contributed by atoms with Crippen LogP contribution in [0.5, 0.6) is 0 Å². The number of rotatable bonds is 0. The second-order valence-electron chi connectivity index (χ2n) is 8.92. The average molecular weight is 638 g/mol. The van der Waals surface area contributed by atoms with Crippen LogP contribution < -0.4 is 0 Å². The molecule has 4 saturated carbocycles. The molecule has 10 atom stereocenters. The van der Waals surface area contributed by atoms with E-state index in [-0.39, 0.29) is 55.6 Å². The molecule has 160 valence electrons. The maximum atomic E-state index is 7.09. The van der Waals surface area contributed by atoms with E-state index in [2.05, 4.69) is 0 Å². The average Bonchev–Trinajstić information content (AvgIpc) is 3.33. The Balaban J connectivity index is 1.62. The molecule has 0 amide bonds. The molecule has 0 aliphatic heterocycles. The Kier molecular flexibility index (Phi) is 4.39. The van der Waals surface area contributed by atoms with E-state index >= 15 is 0 Å². The van der Waals surface area contributed by atoms with Gasteiger partial charge in [0, 0.05) is 0 Å². The Morgan fingerprint density at radius 1 is 0.448 bits per heavy atom. The summed E-state index contributed by atoms with van der Waals surface area (Å²) in [6.45, 7) is 0. The molecule has 0 N–H and O–H groups in total. The Morgan fingerprint density at radius 3 is 0.862 bits per heavy atom. The first kappa shape index (κ1) is 22.4. The summed E-state index contributed by atoms with van der Waals surface area (Å²) in [6.07, 6.45) is 0.715. The van der Waals surface area contributed by atoms with Crippen LogP contribution in [0, 0.1) is 35.5 Å². The molecule has 6 aliphatic rings. The van der Waals surface area contributed by atoms with Crippen molar-refractivity contribution in [2.45, 2.75) is 34.6 Å². The van der Waals surface area contributed by atoms with E-state index in [1.165, 1.54) is 0 Å². The highest BCUT2D eigenvalue weighted by Gasteiger charge is 2.94. The zero-order valence-corrected chi connectivity index (χ0v) is 22.8. The van der Waals surface area contributed by atoms with E-state index in [0.29, 0.717) is 6.42 Å². The number of hydrogen-bond acceptors (Lipinski definition) is 0. The Morgan fingerprint density at radius 2 is 0.655 bits per heavy atom. The van der Waals surface area contributed by atoms with Gasteiger partial charge < -0.3 is 0 Å². The van der Waals surface area contributed by atoms with E-state index in [1.54, 1.807) is 0 Å². The number of alkyl halides is 8. The minimum Gasteiger partial charge on any atom is -0.109 e. The topological polar surface area (TPSA) is 0 Å². The summed E-state index contributed by atoms with van der Waals surface area (Å²) >= 11 is 81.8. The van der Waals surface area contributed by atoms with Gasteiger partial charge in [-0.25, -0.2) is 0 Å². The molecule has 2 unspecified atom stereocenters. The second kappa shape index (κ2) is 5.68. The first-order valence-electron chi connectivity index (χ1n) is 8.74. The van der Waals surface area contributed by atoms with Crippen molar-refractivity contribution in [1.82, 2.24) is 0 Å². The third-order valence-corrected chi connectivity index (χ3v) is 17.1. The molecular formula is C17H8Cl12. The van der Waals surface area contributed by atoms with Crippen LogP contribution in [0.1, 0.15) is 6.42 Å². The van der Waals surface area contributed by atoms with Gasteiger partial charge in [-0.2, -0.15) is 0 Å². The lowest BCUT2D eigenvalue weighted by Crippen LogP contribution is -2.51. The molecule has 0 radical (unpaired) electrons. The number of allylic oxidation sites excluding steroid dienone is 4. The second-order valence-corrected chi connectivity index (χ2v) is 15.5. The third kappa shape index (κ3) is 1.72. The van der Waals surface area contributed by atoms with Gasteiger partial charge in [0.05, 0.1) is 20.1 Å². The Bertz CT molecular complexity index is 825. The summed E-state index contributed by atoms with van der Waals surface area (Å²) in [5.74, 6) is -1.48. The van der Waals surface area contributed by atoms with Crippen molar-refractivity contribution in [3.8, 4) is 0 Å². The van der Waals surface area contributed by atoms with Gasteiger partial charge in [0.2, 0.25) is 0 Å². The van der Waals surface area contributed by atoms with Gasteiger partial charge in [-0.05, 0) is 41.9 Å². The number of hydrogen-bond donors (Lipinski definition) is 0. The molecule has 0 saturated heterocycles. The maximum Gasteiger partial charge on any atom is 0.166 e. The van der Waals surface area contributed by atoms with E-state index in [4.69, 9.17) is 139 Å². The maximum absolute atomic E-state index is 7.09. The third-order valence-electron chi connectivity index (χ3n) is 8.49. The van der Waals surface area contributed by atoms with Gasteiger partial charge in [-0.15, -0.1) is 46.4 Å². The molecule has 0 aromatic carbocycles. The van der Waals surface area contributed by atoms with Crippen LogP contribution in [0.25, 0.3) is 0 Å². The van der Waals surface area contributed by atoms with Crippen molar-refractivity contribution in [1.29, 1.82) is 0 Å². The summed E-state index contributed by atoms with van der Waals surface area (Å²) in [4.78, 5) is -5.49. The zero-order valence-electron chi connectivity index (χ0n) is 13.7. The fraction of sp³-hybridized carbons (Fsp3) is 0.765. The van der Waals surface area contributed by atoms with Crippen LogP contribution in [0.4, 0.5) is 0 Å². The van der Waals surface area contributed by atoms with Crippen molar-refractivity contribution in [2.24, 2.45) is 35.5 Å². The molecule has 6 rings (SSSR count). The number of halogens is 12. The van der Waals surface area contributed by atoms with Crippen molar-refractivity contribution in [3.05, 3.63) is 20.1 Å². The summed E-state index contributed by atoms with van der Waals surface area (Å²) in [5, 5.41) is 0.671. The fourth-order valence-corrected chi connectivity index (χ4v) is 14.0. The first-order valence-corrected chi connectivity index (χ1v) is 13.3. The fourth-order valence-electron chi connectivity index (χ4n) is 7.72. The Hall–Kier alpha value is 2.96. The van der Waals surface area contributed by atoms with Crippen LogP contribution in [0.2, 0.25) is 0 Å². The van der Waals surface area contributed by atoms with Gasteiger partial charge in [-0.1, -0.05) is 92.8 Å². The van der Waals surface area contributed by atoms with Crippen molar-refractivity contribution < 1.29 is 0 Å². The highest BCUT2D eigenvalue weighted by Crippen LogP contribution is 2.90. The van der Waals surface area contributed by atoms with E-state index < -0.39 is 28.2 Å². The minimum absolute atomic E-state index is 0.128. The van der Waals surface area contributed by atoms with Gasteiger partial charge in [0.25, 0.3) is 0 Å². The van der Waals surface area contributed by atoms with Crippen LogP contribution in [-0.4, -0.2) is 28.2 Å². The molecule has 6 aliphatic carbocycles. The predicted octanol–water partition coefficient (Wildman–Crippen LogP) is 8.79. The molecule has 4 fully saturated rings. The van der Waals surface area contributed by atoms with E-state index in [1.807, 2.05) is 0 Å². The number of fused-ring (bicyclic) bond motifs is 16. The van der Waals surface area contributed by atoms with Gasteiger partial charge >= 0.3 is 0 Å². The summed E-state index contributed by atoms with van der Waals surface area (Å²) in [5.41, 5.74) is 0. The van der Waals surface area contributed by atoms with Crippen LogP contribution >= 0.6 is 139 Å². The molecule has 0 nitrogen and oxygen atoms in total. The van der Waals surface area contributed by atoms with Gasteiger partial charge in [0.15, 0.2) is 8.67 Å². The van der Waals surface area contributed by atoms with Gasteiger partial charge in [-0.3, -0.25) is 0 Å². The van der Waals surface area contributed by atoms with Crippen molar-refractivity contribution in [3.63, 3.8) is 0 Å². The molecule has 0 spiro atoms.